The molecule has 0 aliphatic carbocycles. The third-order valence-corrected chi connectivity index (χ3v) is 5.61. The number of carbonyl (C=O) groups is 3. The number of carbonyl (C=O) groups excluding carboxylic acids is 2. The van der Waals surface area contributed by atoms with Gasteiger partial charge < -0.3 is 31.0 Å². The Morgan fingerprint density at radius 1 is 1.59 bits per heavy atom. The summed E-state index contributed by atoms with van der Waals surface area (Å²) in [5.74, 6) is -2.20. The van der Waals surface area contributed by atoms with Crippen molar-refractivity contribution in [1.82, 2.24) is 15.6 Å². The Kier molecular flexibility index (Phi) is 5.51. The number of nitrogens with one attached hydrogen (secondary N) is 2. The van der Waals surface area contributed by atoms with Gasteiger partial charge in [0.25, 0.3) is 5.91 Å². The first kappa shape index (κ1) is 19.0. The molecule has 27 heavy (non-hydrogen) atoms. The molecule has 5 N–H and O–H groups in total. The first-order valence-electron chi connectivity index (χ1n) is 7.54. The molecule has 1 unspecified atom stereocenters. The van der Waals surface area contributed by atoms with Gasteiger partial charge in [-0.3, -0.25) is 4.79 Å². The predicted molar refractivity (Wildman–Crippen MR) is 97.0 cm³/mol. The lowest BCUT2D eigenvalue weighted by Gasteiger charge is -2.29. The van der Waals surface area contributed by atoms with Gasteiger partial charge in [0.2, 0.25) is 0 Å². The number of carboxylic acids is 1. The number of carboxylic acid groups (broad SMARTS) is 1. The highest BCUT2D eigenvalue weighted by Gasteiger charge is 2.39. The highest BCUT2D eigenvalue weighted by molar-refractivity contribution is 8.00. The second-order valence-corrected chi connectivity index (χ2v) is 7.43. The number of oxime groups is 1. The number of nitrogens with two attached hydrogens (primary N) is 1. The molecule has 0 saturated carbocycles. The summed E-state index contributed by atoms with van der Waals surface area (Å²) in [5, 5.41) is 19.4. The number of thioether (sulfide) groups is 1. The fraction of sp³-hybridized carbons (Fsp3) is 0.357. The summed E-state index contributed by atoms with van der Waals surface area (Å²) < 4.78 is 4.92. The van der Waals surface area contributed by atoms with Crippen LogP contribution in [0, 0.1) is 0 Å². The van der Waals surface area contributed by atoms with Crippen LogP contribution in [-0.2, 0) is 24.0 Å². The SMILES string of the molecule is CO/N=C(\C(=O)N[C@H](C(=O)O)C1NC2=C(COC2=O)CS1)c1csc(N)n1. The number of aromatic nitrogens is 1. The average molecular weight is 413 g/mol. The van der Waals surface area contributed by atoms with Crippen molar-refractivity contribution in [3.63, 3.8) is 0 Å². The van der Waals surface area contributed by atoms with Crippen molar-refractivity contribution in [2.24, 2.45) is 5.16 Å². The number of ether oxygens (including phenoxy) is 1. The van der Waals surface area contributed by atoms with E-state index in [0.29, 0.717) is 5.75 Å². The minimum atomic E-state index is -1.34. The number of rotatable bonds is 6. The summed E-state index contributed by atoms with van der Waals surface area (Å²) in [6.07, 6.45) is 0. The molecule has 13 heteroatoms. The smallest absolute Gasteiger partial charge is 0.354 e. The summed E-state index contributed by atoms with van der Waals surface area (Å²) in [6, 6.07) is -1.34. The Hall–Kier alpha value is -2.80. The first-order chi connectivity index (χ1) is 12.9. The molecule has 11 nitrogen and oxygen atoms in total. The molecule has 2 aliphatic rings. The van der Waals surface area contributed by atoms with Gasteiger partial charge in [-0.2, -0.15) is 0 Å². The molecule has 0 radical (unpaired) electrons. The second-order valence-electron chi connectivity index (χ2n) is 5.41. The van der Waals surface area contributed by atoms with Crippen LogP contribution in [0.5, 0.6) is 0 Å². The van der Waals surface area contributed by atoms with E-state index in [-0.39, 0.29) is 28.8 Å². The molecule has 1 aromatic rings. The molecule has 2 aliphatic heterocycles. The van der Waals surface area contributed by atoms with Gasteiger partial charge in [0.05, 0.1) is 0 Å². The largest absolute Gasteiger partial charge is 0.480 e. The van der Waals surface area contributed by atoms with Gasteiger partial charge in [-0.1, -0.05) is 5.16 Å². The van der Waals surface area contributed by atoms with E-state index in [1.54, 1.807) is 0 Å². The molecular weight excluding hydrogens is 398 g/mol. The summed E-state index contributed by atoms with van der Waals surface area (Å²) in [4.78, 5) is 44.6. The fourth-order valence-electron chi connectivity index (χ4n) is 2.44. The fourth-order valence-corrected chi connectivity index (χ4v) is 4.17. The maximum Gasteiger partial charge on any atom is 0.354 e. The summed E-state index contributed by atoms with van der Waals surface area (Å²) >= 11 is 2.34. The van der Waals surface area contributed by atoms with Gasteiger partial charge in [-0.05, 0) is 0 Å². The zero-order valence-corrected chi connectivity index (χ0v) is 15.6. The number of hydrogen-bond donors (Lipinski definition) is 4. The van der Waals surface area contributed by atoms with Crippen LogP contribution in [0.2, 0.25) is 0 Å². The quantitative estimate of drug-likeness (QED) is 0.261. The van der Waals surface area contributed by atoms with Gasteiger partial charge >= 0.3 is 11.9 Å². The molecule has 1 amide bonds. The van der Waals surface area contributed by atoms with Crippen molar-refractivity contribution < 1.29 is 29.1 Å². The van der Waals surface area contributed by atoms with E-state index >= 15 is 0 Å². The number of cyclic esters (lactones) is 1. The molecule has 0 aromatic carbocycles. The van der Waals surface area contributed by atoms with E-state index in [4.69, 9.17) is 10.5 Å². The number of aliphatic carboxylic acids is 1. The van der Waals surface area contributed by atoms with E-state index < -0.39 is 29.3 Å². The van der Waals surface area contributed by atoms with Crippen LogP contribution in [0.3, 0.4) is 0 Å². The van der Waals surface area contributed by atoms with Gasteiger partial charge in [-0.25, -0.2) is 14.6 Å². The topological polar surface area (TPSA) is 165 Å². The lowest BCUT2D eigenvalue weighted by molar-refractivity contribution is -0.141. The second kappa shape index (κ2) is 7.84. The lowest BCUT2D eigenvalue weighted by atomic mass is 10.2. The molecule has 2 atom stereocenters. The van der Waals surface area contributed by atoms with Crippen molar-refractivity contribution in [2.45, 2.75) is 11.4 Å². The van der Waals surface area contributed by atoms with Crippen molar-refractivity contribution in [3.8, 4) is 0 Å². The van der Waals surface area contributed by atoms with E-state index in [2.05, 4.69) is 25.6 Å². The van der Waals surface area contributed by atoms with Crippen LogP contribution in [0.15, 0.2) is 21.8 Å². The monoisotopic (exact) mass is 413 g/mol. The van der Waals surface area contributed by atoms with Crippen LogP contribution in [-0.4, -0.2) is 64.5 Å². The van der Waals surface area contributed by atoms with Crippen molar-refractivity contribution in [2.75, 3.05) is 25.2 Å². The maximum atomic E-state index is 12.6. The van der Waals surface area contributed by atoms with E-state index in [9.17, 15) is 19.5 Å². The minimum Gasteiger partial charge on any atom is -0.480 e. The molecule has 3 rings (SSSR count). The molecule has 144 valence electrons. The molecule has 0 bridgehead atoms. The molecule has 1 aromatic heterocycles. The predicted octanol–water partition coefficient (Wildman–Crippen LogP) is -0.881. The molecular formula is C14H15N5O6S2. The molecule has 0 fully saturated rings. The highest BCUT2D eigenvalue weighted by Crippen LogP contribution is 2.28. The van der Waals surface area contributed by atoms with Crippen LogP contribution in [0.4, 0.5) is 5.13 Å². The van der Waals surface area contributed by atoms with Crippen molar-refractivity contribution in [3.05, 3.63) is 22.3 Å². The number of amides is 1. The van der Waals surface area contributed by atoms with E-state index in [1.807, 2.05) is 0 Å². The maximum absolute atomic E-state index is 12.6. The Bertz CT molecular complexity index is 851. The van der Waals surface area contributed by atoms with E-state index in [1.165, 1.54) is 24.3 Å². The Morgan fingerprint density at radius 2 is 2.37 bits per heavy atom. The normalized spacial score (nSPS) is 20.4. The van der Waals surface area contributed by atoms with Crippen molar-refractivity contribution >= 4 is 51.8 Å². The zero-order valence-electron chi connectivity index (χ0n) is 13.9. The number of hydrogen-bond acceptors (Lipinski definition) is 11. The summed E-state index contributed by atoms with van der Waals surface area (Å²) in [7, 11) is 1.25. The number of anilines is 1. The molecule has 0 spiro atoms. The average Bonchev–Trinajstić information content (AvgIpc) is 3.23. The van der Waals surface area contributed by atoms with Crippen LogP contribution >= 0.6 is 23.1 Å². The Labute approximate surface area is 161 Å². The van der Waals surface area contributed by atoms with Crippen LogP contribution < -0.4 is 16.4 Å². The standard InChI is InChI=1S/C14H15N5O6S2/c1-24-19-8(6-4-27-14(15)16-6)10(20)17-9(12(21)22)11-18-7-5(3-26-11)2-25-13(7)23/h4,9,11,18H,2-3H2,1H3,(H2,15,16)(H,17,20)(H,21,22)/b19-8-/t9-,11?/m0/s1. The number of thiazole rings is 1. The third kappa shape index (κ3) is 3.98. The third-order valence-electron chi connectivity index (χ3n) is 3.68. The van der Waals surface area contributed by atoms with Gasteiger partial charge in [-0.15, -0.1) is 23.1 Å². The van der Waals surface area contributed by atoms with Gasteiger partial charge in [0.1, 0.15) is 30.5 Å². The Morgan fingerprint density at radius 3 is 3.00 bits per heavy atom. The molecule has 0 saturated heterocycles. The summed E-state index contributed by atoms with van der Waals surface area (Å²) in [6.45, 7) is 0.181. The Balaban J connectivity index is 1.78. The van der Waals surface area contributed by atoms with Gasteiger partial charge in [0, 0.05) is 16.7 Å². The summed E-state index contributed by atoms with van der Waals surface area (Å²) in [5.41, 5.74) is 6.52. The zero-order chi connectivity index (χ0) is 19.6. The first-order valence-corrected chi connectivity index (χ1v) is 9.47. The van der Waals surface area contributed by atoms with Crippen molar-refractivity contribution in [1.29, 1.82) is 0 Å². The highest BCUT2D eigenvalue weighted by atomic mass is 32.2. The molecule has 3 heterocycles. The number of nitrogens with zero attached hydrogens (tertiary/aromatic N) is 2. The lowest BCUT2D eigenvalue weighted by Crippen LogP contribution is -2.55. The number of esters is 1. The number of nitrogen functional groups attached to an aromatic ring is 1. The van der Waals surface area contributed by atoms with E-state index in [0.717, 1.165) is 16.9 Å². The minimum absolute atomic E-state index is 0.162. The van der Waals surface area contributed by atoms with Gasteiger partial charge in [0.15, 0.2) is 16.9 Å². The van der Waals surface area contributed by atoms with Crippen LogP contribution in [0.1, 0.15) is 5.69 Å². The van der Waals surface area contributed by atoms with Crippen LogP contribution in [0.25, 0.3) is 0 Å².